The molecular formula is C23H24N8O2. The maximum absolute atomic E-state index is 11.2. The van der Waals surface area contributed by atoms with Crippen LogP contribution in [0.1, 0.15) is 31.2 Å². The largest absolute Gasteiger partial charge is 0.481 e. The van der Waals surface area contributed by atoms with Crippen molar-refractivity contribution in [3.63, 3.8) is 0 Å². The van der Waals surface area contributed by atoms with Crippen molar-refractivity contribution in [3.8, 4) is 11.4 Å². The third-order valence-electron chi connectivity index (χ3n) is 5.98. The molecule has 33 heavy (non-hydrogen) atoms. The highest BCUT2D eigenvalue weighted by Gasteiger charge is 2.26. The summed E-state index contributed by atoms with van der Waals surface area (Å²) >= 11 is 0. The highest BCUT2D eigenvalue weighted by molar-refractivity contribution is 5.70. The Bertz CT molecular complexity index is 1280. The fourth-order valence-corrected chi connectivity index (χ4v) is 4.20. The van der Waals surface area contributed by atoms with Gasteiger partial charge in [0.25, 0.3) is 0 Å². The van der Waals surface area contributed by atoms with Crippen LogP contribution in [0.15, 0.2) is 49.4 Å². The minimum Gasteiger partial charge on any atom is -0.481 e. The second kappa shape index (κ2) is 8.81. The second-order valence-electron chi connectivity index (χ2n) is 8.30. The van der Waals surface area contributed by atoms with Crippen molar-refractivity contribution in [1.82, 2.24) is 29.3 Å². The second-order valence-corrected chi connectivity index (χ2v) is 8.30. The van der Waals surface area contributed by atoms with Crippen LogP contribution in [0.3, 0.4) is 0 Å². The van der Waals surface area contributed by atoms with E-state index in [1.807, 2.05) is 35.9 Å². The first kappa shape index (κ1) is 20.8. The summed E-state index contributed by atoms with van der Waals surface area (Å²) in [4.78, 5) is 33.0. The fraction of sp³-hybridized carbons (Fsp3) is 0.304. The molecule has 0 amide bonds. The summed E-state index contributed by atoms with van der Waals surface area (Å²) in [5.41, 5.74) is 5.05. The zero-order valence-electron chi connectivity index (χ0n) is 18.1. The number of anilines is 3. The maximum atomic E-state index is 11.2. The van der Waals surface area contributed by atoms with Crippen molar-refractivity contribution in [1.29, 1.82) is 0 Å². The van der Waals surface area contributed by atoms with Gasteiger partial charge in [-0.05, 0) is 50.3 Å². The van der Waals surface area contributed by atoms with E-state index in [2.05, 4.69) is 30.6 Å². The molecule has 0 saturated heterocycles. The minimum absolute atomic E-state index is 0.169. The lowest BCUT2D eigenvalue weighted by Crippen LogP contribution is -2.29. The highest BCUT2D eigenvalue weighted by Crippen LogP contribution is 2.28. The predicted molar refractivity (Wildman–Crippen MR) is 123 cm³/mol. The van der Waals surface area contributed by atoms with Crippen molar-refractivity contribution >= 4 is 28.9 Å². The molecule has 1 fully saturated rings. The molecule has 168 valence electrons. The van der Waals surface area contributed by atoms with E-state index in [4.69, 9.17) is 4.98 Å². The van der Waals surface area contributed by atoms with Gasteiger partial charge in [0.05, 0.1) is 47.3 Å². The summed E-state index contributed by atoms with van der Waals surface area (Å²) in [6.07, 6.45) is 13.4. The van der Waals surface area contributed by atoms with Crippen LogP contribution in [0.4, 0.5) is 17.3 Å². The standard InChI is InChI=1S/C23H24N8O2/c1-14-8-27-23(29-16-4-2-15(3-5-16)22(32)33)30-21(14)19-11-26-20-7-6-17(12-31(19)20)28-18-9-24-13-25-10-18/h6-13,15-16,28H,2-5H2,1H3,(H,32,33)(H,27,29,30)/t15-,16-. The Hall–Kier alpha value is -4.08. The van der Waals surface area contributed by atoms with Gasteiger partial charge < -0.3 is 15.7 Å². The lowest BCUT2D eigenvalue weighted by atomic mass is 9.86. The molecular weight excluding hydrogens is 420 g/mol. The molecule has 0 aromatic carbocycles. The quantitative estimate of drug-likeness (QED) is 0.407. The summed E-state index contributed by atoms with van der Waals surface area (Å²) in [5, 5.41) is 15.9. The minimum atomic E-state index is -0.705. The molecule has 0 spiro atoms. The van der Waals surface area contributed by atoms with E-state index in [-0.39, 0.29) is 12.0 Å². The lowest BCUT2D eigenvalue weighted by Gasteiger charge is -2.26. The first-order valence-corrected chi connectivity index (χ1v) is 10.9. The molecule has 0 unspecified atom stereocenters. The Morgan fingerprint density at radius 1 is 1.03 bits per heavy atom. The number of carboxylic acids is 1. The fourth-order valence-electron chi connectivity index (χ4n) is 4.20. The zero-order chi connectivity index (χ0) is 22.8. The summed E-state index contributed by atoms with van der Waals surface area (Å²) < 4.78 is 1.99. The number of nitrogens with one attached hydrogen (secondary N) is 2. The summed E-state index contributed by atoms with van der Waals surface area (Å²) in [5.74, 6) is -0.412. The van der Waals surface area contributed by atoms with Crippen LogP contribution in [0.2, 0.25) is 0 Å². The topological polar surface area (TPSA) is 130 Å². The molecule has 4 aromatic rings. The van der Waals surface area contributed by atoms with Crippen molar-refractivity contribution < 1.29 is 9.90 Å². The SMILES string of the molecule is Cc1cnc(N[C@H]2CC[C@H](C(=O)O)CC2)nc1-c1cnc2ccc(Nc3cncnc3)cn12. The molecule has 0 radical (unpaired) electrons. The molecule has 1 aliphatic carbocycles. The number of carboxylic acid groups (broad SMARTS) is 1. The van der Waals surface area contributed by atoms with Crippen LogP contribution < -0.4 is 10.6 Å². The number of pyridine rings is 1. The number of aromatic nitrogens is 6. The third-order valence-corrected chi connectivity index (χ3v) is 5.98. The number of fused-ring (bicyclic) bond motifs is 1. The van der Waals surface area contributed by atoms with Gasteiger partial charge in [-0.1, -0.05) is 0 Å². The molecule has 5 rings (SSSR count). The molecule has 1 aliphatic rings. The van der Waals surface area contributed by atoms with Gasteiger partial charge in [0, 0.05) is 18.4 Å². The first-order valence-electron chi connectivity index (χ1n) is 10.9. The molecule has 10 nitrogen and oxygen atoms in total. The zero-order valence-corrected chi connectivity index (χ0v) is 18.1. The first-order chi connectivity index (χ1) is 16.1. The summed E-state index contributed by atoms with van der Waals surface area (Å²) in [6, 6.07) is 4.06. The van der Waals surface area contributed by atoms with Gasteiger partial charge in [-0.15, -0.1) is 0 Å². The van der Waals surface area contributed by atoms with Crippen LogP contribution in [0.25, 0.3) is 17.0 Å². The highest BCUT2D eigenvalue weighted by atomic mass is 16.4. The van der Waals surface area contributed by atoms with Crippen LogP contribution in [-0.2, 0) is 4.79 Å². The molecule has 4 aromatic heterocycles. The molecule has 10 heteroatoms. The van der Waals surface area contributed by atoms with Crippen LogP contribution in [-0.4, -0.2) is 46.4 Å². The van der Waals surface area contributed by atoms with Crippen LogP contribution in [0, 0.1) is 12.8 Å². The third kappa shape index (κ3) is 4.45. The van der Waals surface area contributed by atoms with Gasteiger partial charge in [-0.2, -0.15) is 0 Å². The maximum Gasteiger partial charge on any atom is 0.306 e. The van der Waals surface area contributed by atoms with E-state index in [0.29, 0.717) is 18.8 Å². The number of carbonyl (C=O) groups is 1. The smallest absolute Gasteiger partial charge is 0.306 e. The normalized spacial score (nSPS) is 18.2. The van der Waals surface area contributed by atoms with Crippen LogP contribution in [0.5, 0.6) is 0 Å². The number of rotatable bonds is 6. The van der Waals surface area contributed by atoms with E-state index in [1.54, 1.807) is 18.6 Å². The Balaban J connectivity index is 1.40. The Morgan fingerprint density at radius 3 is 2.58 bits per heavy atom. The van der Waals surface area contributed by atoms with Crippen molar-refractivity contribution in [2.75, 3.05) is 10.6 Å². The van der Waals surface area contributed by atoms with E-state index in [1.165, 1.54) is 6.33 Å². The van der Waals surface area contributed by atoms with E-state index < -0.39 is 5.97 Å². The van der Waals surface area contributed by atoms with Gasteiger partial charge in [0.1, 0.15) is 12.0 Å². The average molecular weight is 444 g/mol. The van der Waals surface area contributed by atoms with Gasteiger partial charge in [0.15, 0.2) is 0 Å². The summed E-state index contributed by atoms with van der Waals surface area (Å²) in [7, 11) is 0. The molecule has 0 aliphatic heterocycles. The van der Waals surface area contributed by atoms with Crippen molar-refractivity contribution in [2.24, 2.45) is 5.92 Å². The molecule has 1 saturated carbocycles. The summed E-state index contributed by atoms with van der Waals surface area (Å²) in [6.45, 7) is 1.97. The van der Waals surface area contributed by atoms with Gasteiger partial charge in [-0.25, -0.2) is 24.9 Å². The number of imidazole rings is 1. The molecule has 0 atom stereocenters. The van der Waals surface area contributed by atoms with E-state index in [0.717, 1.165) is 46.8 Å². The number of hydrogen-bond donors (Lipinski definition) is 3. The molecule has 0 bridgehead atoms. The average Bonchev–Trinajstić information content (AvgIpc) is 3.24. The predicted octanol–water partition coefficient (Wildman–Crippen LogP) is 3.69. The van der Waals surface area contributed by atoms with E-state index >= 15 is 0 Å². The molecule has 3 N–H and O–H groups in total. The van der Waals surface area contributed by atoms with Gasteiger partial charge in [0.2, 0.25) is 5.95 Å². The number of aryl methyl sites for hydroxylation is 1. The lowest BCUT2D eigenvalue weighted by molar-refractivity contribution is -0.142. The monoisotopic (exact) mass is 444 g/mol. The Kier molecular flexibility index (Phi) is 5.55. The number of hydrogen-bond acceptors (Lipinski definition) is 8. The van der Waals surface area contributed by atoms with Gasteiger partial charge in [-0.3, -0.25) is 9.20 Å². The van der Waals surface area contributed by atoms with Gasteiger partial charge >= 0.3 is 5.97 Å². The van der Waals surface area contributed by atoms with Crippen molar-refractivity contribution in [3.05, 3.63) is 55.0 Å². The Morgan fingerprint density at radius 2 is 1.82 bits per heavy atom. The van der Waals surface area contributed by atoms with Crippen LogP contribution >= 0.6 is 0 Å². The van der Waals surface area contributed by atoms with Crippen molar-refractivity contribution in [2.45, 2.75) is 38.6 Å². The van der Waals surface area contributed by atoms with E-state index in [9.17, 15) is 9.90 Å². The molecule has 4 heterocycles. The number of aliphatic carboxylic acids is 1. The number of nitrogens with zero attached hydrogens (tertiary/aromatic N) is 6. The Labute approximate surface area is 190 Å².